The molecule has 25 heavy (non-hydrogen) atoms. The van der Waals surface area contributed by atoms with Gasteiger partial charge in [0, 0.05) is 31.2 Å². The van der Waals surface area contributed by atoms with Crippen molar-refractivity contribution in [3.8, 4) is 5.75 Å². The molecule has 2 aliphatic rings. The van der Waals surface area contributed by atoms with Crippen LogP contribution in [0.25, 0.3) is 0 Å². The van der Waals surface area contributed by atoms with E-state index in [2.05, 4.69) is 15.5 Å². The normalized spacial score (nSPS) is 26.6. The van der Waals surface area contributed by atoms with E-state index in [-0.39, 0.29) is 11.9 Å². The monoisotopic (exact) mass is 346 g/mol. The molecule has 1 amide bonds. The number of nitrogens with zero attached hydrogens (tertiary/aromatic N) is 1. The van der Waals surface area contributed by atoms with Crippen molar-refractivity contribution in [2.75, 3.05) is 32.8 Å². The topological polar surface area (TPSA) is 79.6 Å². The van der Waals surface area contributed by atoms with Crippen LogP contribution in [0.2, 0.25) is 0 Å². The number of nitrogens with two attached hydrogens (primary N) is 1. The van der Waals surface area contributed by atoms with Gasteiger partial charge >= 0.3 is 0 Å². The zero-order chi connectivity index (χ0) is 17.5. The molecule has 0 saturated carbocycles. The number of fused-ring (bicyclic) bond motifs is 2. The fourth-order valence-corrected chi connectivity index (χ4v) is 3.71. The second-order valence-electron chi connectivity index (χ2n) is 6.98. The van der Waals surface area contributed by atoms with E-state index in [9.17, 15) is 4.79 Å². The summed E-state index contributed by atoms with van der Waals surface area (Å²) in [4.78, 5) is 14.2. The van der Waals surface area contributed by atoms with Crippen LogP contribution in [0.1, 0.15) is 31.2 Å². The molecule has 0 bridgehead atoms. The number of benzene rings is 1. The molecule has 2 atom stereocenters. The van der Waals surface area contributed by atoms with Crippen molar-refractivity contribution in [1.82, 2.24) is 15.5 Å². The summed E-state index contributed by atoms with van der Waals surface area (Å²) in [5, 5.41) is 6.78. The van der Waals surface area contributed by atoms with Gasteiger partial charge in [0.05, 0.1) is 6.04 Å². The summed E-state index contributed by atoms with van der Waals surface area (Å²) in [6, 6.07) is 8.24. The van der Waals surface area contributed by atoms with Gasteiger partial charge in [-0.3, -0.25) is 9.69 Å². The lowest BCUT2D eigenvalue weighted by molar-refractivity contribution is -0.120. The third-order valence-corrected chi connectivity index (χ3v) is 5.21. The van der Waals surface area contributed by atoms with Gasteiger partial charge in [-0.1, -0.05) is 18.2 Å². The highest BCUT2D eigenvalue weighted by molar-refractivity contribution is 5.79. The predicted octanol–water partition coefficient (Wildman–Crippen LogP) is 0.857. The molecule has 0 radical (unpaired) electrons. The molecule has 6 heteroatoms. The first-order valence-corrected chi connectivity index (χ1v) is 9.42. The number of hydrogen-bond acceptors (Lipinski definition) is 5. The van der Waals surface area contributed by atoms with Crippen LogP contribution in [0, 0.1) is 0 Å². The Labute approximate surface area is 150 Å². The van der Waals surface area contributed by atoms with Crippen LogP contribution in [0.3, 0.4) is 0 Å². The van der Waals surface area contributed by atoms with E-state index in [1.54, 1.807) is 0 Å². The molecule has 1 saturated heterocycles. The average Bonchev–Trinajstić information content (AvgIpc) is 3.05. The highest BCUT2D eigenvalue weighted by atomic mass is 16.5. The molecule has 0 aliphatic carbocycles. The van der Waals surface area contributed by atoms with Crippen LogP contribution < -0.4 is 21.1 Å². The number of carbonyl (C=O) groups excluding carboxylic acids is 1. The Kier molecular flexibility index (Phi) is 6.67. The van der Waals surface area contributed by atoms with Gasteiger partial charge in [-0.2, -0.15) is 0 Å². The van der Waals surface area contributed by atoms with Crippen LogP contribution in [0.5, 0.6) is 5.75 Å². The number of nitrogens with one attached hydrogen (secondary N) is 2. The maximum absolute atomic E-state index is 11.7. The Bertz CT molecular complexity index is 566. The van der Waals surface area contributed by atoms with Crippen molar-refractivity contribution in [3.63, 3.8) is 0 Å². The molecule has 0 spiro atoms. The second kappa shape index (κ2) is 9.17. The summed E-state index contributed by atoms with van der Waals surface area (Å²) in [7, 11) is 0. The first-order chi connectivity index (χ1) is 12.2. The Morgan fingerprint density at radius 2 is 2.04 bits per heavy atom. The maximum Gasteiger partial charge on any atom is 0.234 e. The van der Waals surface area contributed by atoms with Gasteiger partial charge in [-0.25, -0.2) is 0 Å². The summed E-state index contributed by atoms with van der Waals surface area (Å²) in [6.45, 7) is 5.40. The second-order valence-corrected chi connectivity index (χ2v) is 6.98. The molecular formula is C19H30N4O2. The molecule has 2 aliphatic heterocycles. The molecule has 1 aromatic carbocycles. The van der Waals surface area contributed by atoms with Gasteiger partial charge in [0.1, 0.15) is 12.4 Å². The van der Waals surface area contributed by atoms with Gasteiger partial charge in [0.15, 0.2) is 0 Å². The lowest BCUT2D eigenvalue weighted by Crippen LogP contribution is -2.41. The fraction of sp³-hybridized carbons (Fsp3) is 0.632. The third kappa shape index (κ3) is 5.17. The van der Waals surface area contributed by atoms with Gasteiger partial charge in [-0.05, 0) is 44.8 Å². The molecule has 1 aromatic rings. The fourth-order valence-electron chi connectivity index (χ4n) is 3.71. The van der Waals surface area contributed by atoms with Crippen LogP contribution >= 0.6 is 0 Å². The van der Waals surface area contributed by atoms with E-state index in [1.807, 2.05) is 24.3 Å². The van der Waals surface area contributed by atoms with Crippen LogP contribution in [-0.2, 0) is 11.3 Å². The summed E-state index contributed by atoms with van der Waals surface area (Å²) in [6.07, 6.45) is 4.13. The summed E-state index contributed by atoms with van der Waals surface area (Å²) in [5.74, 6) is 0.612. The lowest BCUT2D eigenvalue weighted by atomic mass is 10.1. The Hall–Kier alpha value is -1.63. The van der Waals surface area contributed by atoms with E-state index < -0.39 is 0 Å². The first kappa shape index (κ1) is 18.2. The van der Waals surface area contributed by atoms with Crippen LogP contribution in [-0.4, -0.2) is 55.7 Å². The van der Waals surface area contributed by atoms with Gasteiger partial charge in [0.2, 0.25) is 5.91 Å². The summed E-state index contributed by atoms with van der Waals surface area (Å²) in [5.41, 5.74) is 6.63. The van der Waals surface area contributed by atoms with E-state index in [0.29, 0.717) is 12.6 Å². The van der Waals surface area contributed by atoms with Crippen molar-refractivity contribution >= 4 is 5.91 Å². The van der Waals surface area contributed by atoms with Crippen LogP contribution in [0.4, 0.5) is 0 Å². The standard InChI is InChI=1S/C19H30N4O2/c20-19(24)17-7-3-9-21-10-12-23-11-4-6-16(23)14-25-18-8-2-1-5-15(18)13-22-17/h1-2,5,8,16-17,21-22H,3-4,6-7,9-14H2,(H2,20,24). The summed E-state index contributed by atoms with van der Waals surface area (Å²) < 4.78 is 6.16. The van der Waals surface area contributed by atoms with Crippen molar-refractivity contribution in [2.45, 2.75) is 44.3 Å². The van der Waals surface area contributed by atoms with Gasteiger partial charge in [-0.15, -0.1) is 0 Å². The molecule has 0 aromatic heterocycles. The average molecular weight is 346 g/mol. The molecule has 6 nitrogen and oxygen atoms in total. The minimum Gasteiger partial charge on any atom is -0.492 e. The van der Waals surface area contributed by atoms with Crippen molar-refractivity contribution in [1.29, 1.82) is 0 Å². The smallest absolute Gasteiger partial charge is 0.234 e. The minimum atomic E-state index is -0.303. The molecule has 3 rings (SSSR count). The maximum atomic E-state index is 11.7. The highest BCUT2D eigenvalue weighted by Crippen LogP contribution is 2.22. The van der Waals surface area contributed by atoms with Gasteiger partial charge < -0.3 is 21.1 Å². The number of hydrogen-bond donors (Lipinski definition) is 3. The van der Waals surface area contributed by atoms with E-state index in [0.717, 1.165) is 56.9 Å². The van der Waals surface area contributed by atoms with E-state index in [1.165, 1.54) is 12.8 Å². The third-order valence-electron chi connectivity index (χ3n) is 5.21. The Morgan fingerprint density at radius 1 is 1.16 bits per heavy atom. The number of amides is 1. The minimum absolute atomic E-state index is 0.289. The first-order valence-electron chi connectivity index (χ1n) is 9.42. The van der Waals surface area contributed by atoms with Crippen LogP contribution in [0.15, 0.2) is 24.3 Å². The number of rotatable bonds is 1. The molecule has 138 valence electrons. The number of carbonyl (C=O) groups is 1. The van der Waals surface area contributed by atoms with Crippen molar-refractivity contribution < 1.29 is 9.53 Å². The van der Waals surface area contributed by atoms with Gasteiger partial charge in [0.25, 0.3) is 0 Å². The van der Waals surface area contributed by atoms with Crippen molar-refractivity contribution in [3.05, 3.63) is 29.8 Å². The molecule has 2 unspecified atom stereocenters. The van der Waals surface area contributed by atoms with E-state index >= 15 is 0 Å². The largest absolute Gasteiger partial charge is 0.492 e. The van der Waals surface area contributed by atoms with Crippen molar-refractivity contribution in [2.24, 2.45) is 5.73 Å². The zero-order valence-electron chi connectivity index (χ0n) is 14.9. The quantitative estimate of drug-likeness (QED) is 0.703. The molecular weight excluding hydrogens is 316 g/mol. The summed E-state index contributed by atoms with van der Waals surface area (Å²) >= 11 is 0. The lowest BCUT2D eigenvalue weighted by Gasteiger charge is -2.25. The Morgan fingerprint density at radius 3 is 2.92 bits per heavy atom. The predicted molar refractivity (Wildman–Crippen MR) is 98.5 cm³/mol. The Balaban J connectivity index is 1.71. The molecule has 4 N–H and O–H groups in total. The zero-order valence-corrected chi connectivity index (χ0v) is 14.9. The molecule has 2 heterocycles. The SMILES string of the molecule is NC(=O)C1CCCNCCN2CCCC2COc2ccccc2CN1. The number of ether oxygens (including phenoxy) is 1. The number of primary amides is 1. The molecule has 1 fully saturated rings. The van der Waals surface area contributed by atoms with E-state index in [4.69, 9.17) is 10.5 Å². The highest BCUT2D eigenvalue weighted by Gasteiger charge is 2.25. The number of para-hydroxylation sites is 1.